The Morgan fingerprint density at radius 3 is 2.50 bits per heavy atom. The van der Waals surface area contributed by atoms with Gasteiger partial charge in [0.1, 0.15) is 0 Å². The third-order valence-corrected chi connectivity index (χ3v) is 2.78. The summed E-state index contributed by atoms with van der Waals surface area (Å²) in [6.07, 6.45) is 4.85. The lowest BCUT2D eigenvalue weighted by atomic mass is 9.97. The van der Waals surface area contributed by atoms with Gasteiger partial charge in [-0.2, -0.15) is 0 Å². The van der Waals surface area contributed by atoms with Crippen molar-refractivity contribution in [2.24, 2.45) is 0 Å². The molecule has 0 bridgehead atoms. The van der Waals surface area contributed by atoms with Crippen molar-refractivity contribution >= 4 is 5.91 Å². The van der Waals surface area contributed by atoms with Gasteiger partial charge in [0.25, 0.3) is 0 Å². The number of carbonyl (C=O) groups is 1. The minimum Gasteiger partial charge on any atom is -0.338 e. The fourth-order valence-corrected chi connectivity index (χ4v) is 2.03. The SMILES string of the molecule is CC(=O)N1CCCCCC1(C)C. The highest BCUT2D eigenvalue weighted by molar-refractivity contribution is 5.74. The van der Waals surface area contributed by atoms with Crippen molar-refractivity contribution in [3.8, 4) is 0 Å². The van der Waals surface area contributed by atoms with E-state index in [1.54, 1.807) is 6.92 Å². The minimum absolute atomic E-state index is 0.0856. The van der Waals surface area contributed by atoms with E-state index in [1.807, 2.05) is 4.90 Å². The van der Waals surface area contributed by atoms with Crippen molar-refractivity contribution in [2.75, 3.05) is 6.54 Å². The maximum Gasteiger partial charge on any atom is 0.219 e. The number of hydrogen-bond acceptors (Lipinski definition) is 1. The molecule has 12 heavy (non-hydrogen) atoms. The Hall–Kier alpha value is -0.530. The molecule has 1 aliphatic heterocycles. The van der Waals surface area contributed by atoms with E-state index in [1.165, 1.54) is 19.3 Å². The maximum absolute atomic E-state index is 11.3. The summed E-state index contributed by atoms with van der Waals surface area (Å²) in [7, 11) is 0. The van der Waals surface area contributed by atoms with Crippen molar-refractivity contribution in [3.05, 3.63) is 0 Å². The second kappa shape index (κ2) is 3.46. The number of nitrogens with zero attached hydrogens (tertiary/aromatic N) is 1. The van der Waals surface area contributed by atoms with Crippen LogP contribution in [0, 0.1) is 0 Å². The summed E-state index contributed by atoms with van der Waals surface area (Å²) >= 11 is 0. The molecule has 0 unspecified atom stereocenters. The van der Waals surface area contributed by atoms with Crippen LogP contribution in [0.3, 0.4) is 0 Å². The summed E-state index contributed by atoms with van der Waals surface area (Å²) in [4.78, 5) is 13.3. The second-order valence-electron chi connectivity index (χ2n) is 4.29. The highest BCUT2D eigenvalue weighted by Gasteiger charge is 2.29. The first-order valence-electron chi connectivity index (χ1n) is 4.82. The van der Waals surface area contributed by atoms with E-state index < -0.39 is 0 Å². The molecule has 2 heteroatoms. The van der Waals surface area contributed by atoms with Crippen LogP contribution < -0.4 is 0 Å². The van der Waals surface area contributed by atoms with Gasteiger partial charge in [0.05, 0.1) is 0 Å². The van der Waals surface area contributed by atoms with Gasteiger partial charge in [-0.05, 0) is 26.7 Å². The molecule has 0 spiro atoms. The zero-order valence-corrected chi connectivity index (χ0v) is 8.39. The molecule has 1 fully saturated rings. The van der Waals surface area contributed by atoms with Crippen LogP contribution in [0.4, 0.5) is 0 Å². The Bertz CT molecular complexity index is 175. The predicted molar refractivity (Wildman–Crippen MR) is 49.9 cm³/mol. The number of carbonyl (C=O) groups excluding carboxylic acids is 1. The molecule has 0 atom stereocenters. The molecule has 0 aromatic carbocycles. The molecular formula is C10H19NO. The molecule has 0 aromatic heterocycles. The molecule has 1 amide bonds. The summed E-state index contributed by atoms with van der Waals surface area (Å²) in [6.45, 7) is 6.95. The van der Waals surface area contributed by atoms with Gasteiger partial charge < -0.3 is 4.90 Å². The maximum atomic E-state index is 11.3. The van der Waals surface area contributed by atoms with E-state index in [9.17, 15) is 4.79 Å². The highest BCUT2D eigenvalue weighted by Crippen LogP contribution is 2.26. The van der Waals surface area contributed by atoms with Crippen LogP contribution in [-0.4, -0.2) is 22.9 Å². The zero-order valence-electron chi connectivity index (χ0n) is 8.39. The monoisotopic (exact) mass is 169 g/mol. The van der Waals surface area contributed by atoms with Gasteiger partial charge in [0, 0.05) is 19.0 Å². The first-order chi connectivity index (χ1) is 5.54. The van der Waals surface area contributed by atoms with E-state index in [0.29, 0.717) is 0 Å². The van der Waals surface area contributed by atoms with E-state index >= 15 is 0 Å². The van der Waals surface area contributed by atoms with Crippen LogP contribution in [0.25, 0.3) is 0 Å². The summed E-state index contributed by atoms with van der Waals surface area (Å²) in [5, 5.41) is 0. The number of amides is 1. The minimum atomic E-state index is 0.0856. The van der Waals surface area contributed by atoms with Crippen molar-refractivity contribution in [1.29, 1.82) is 0 Å². The Morgan fingerprint density at radius 2 is 1.92 bits per heavy atom. The van der Waals surface area contributed by atoms with Crippen molar-refractivity contribution in [2.45, 2.75) is 52.0 Å². The van der Waals surface area contributed by atoms with Crippen LogP contribution in [0.15, 0.2) is 0 Å². The Kier molecular flexibility index (Phi) is 2.76. The van der Waals surface area contributed by atoms with Gasteiger partial charge in [0.2, 0.25) is 5.91 Å². The third kappa shape index (κ3) is 1.99. The number of likely N-dealkylation sites (tertiary alicyclic amines) is 1. The van der Waals surface area contributed by atoms with E-state index in [-0.39, 0.29) is 11.4 Å². The molecule has 0 aliphatic carbocycles. The van der Waals surface area contributed by atoms with E-state index in [0.717, 1.165) is 13.0 Å². The van der Waals surface area contributed by atoms with Crippen LogP contribution in [0.2, 0.25) is 0 Å². The van der Waals surface area contributed by atoms with Crippen LogP contribution in [-0.2, 0) is 4.79 Å². The van der Waals surface area contributed by atoms with E-state index in [4.69, 9.17) is 0 Å². The Balaban J connectivity index is 2.71. The van der Waals surface area contributed by atoms with Gasteiger partial charge in [0.15, 0.2) is 0 Å². The van der Waals surface area contributed by atoms with Crippen molar-refractivity contribution < 1.29 is 4.79 Å². The first kappa shape index (κ1) is 9.56. The zero-order chi connectivity index (χ0) is 9.19. The quantitative estimate of drug-likeness (QED) is 0.544. The molecule has 1 aliphatic rings. The molecule has 2 nitrogen and oxygen atoms in total. The van der Waals surface area contributed by atoms with Gasteiger partial charge in [-0.3, -0.25) is 4.79 Å². The topological polar surface area (TPSA) is 20.3 Å². The average molecular weight is 169 g/mol. The van der Waals surface area contributed by atoms with Gasteiger partial charge >= 0.3 is 0 Å². The molecule has 1 rings (SSSR count). The summed E-state index contributed by atoms with van der Waals surface area (Å²) in [6, 6.07) is 0. The molecule has 1 heterocycles. The smallest absolute Gasteiger partial charge is 0.219 e. The molecule has 0 radical (unpaired) electrons. The van der Waals surface area contributed by atoms with Gasteiger partial charge in [-0.25, -0.2) is 0 Å². The molecule has 0 N–H and O–H groups in total. The van der Waals surface area contributed by atoms with E-state index in [2.05, 4.69) is 13.8 Å². The standard InChI is InChI=1S/C10H19NO/c1-9(12)11-8-6-4-5-7-10(11,2)3/h4-8H2,1-3H3. The largest absolute Gasteiger partial charge is 0.338 e. The first-order valence-corrected chi connectivity index (χ1v) is 4.82. The average Bonchev–Trinajstić information content (AvgIpc) is 2.09. The van der Waals surface area contributed by atoms with Crippen molar-refractivity contribution in [3.63, 3.8) is 0 Å². The van der Waals surface area contributed by atoms with Crippen LogP contribution in [0.5, 0.6) is 0 Å². The van der Waals surface area contributed by atoms with Gasteiger partial charge in [-0.1, -0.05) is 12.8 Å². The molecular weight excluding hydrogens is 150 g/mol. The fourth-order valence-electron chi connectivity index (χ4n) is 2.03. The predicted octanol–water partition coefficient (Wildman–Crippen LogP) is 2.19. The highest BCUT2D eigenvalue weighted by atomic mass is 16.2. The Morgan fingerprint density at radius 1 is 1.25 bits per heavy atom. The molecule has 0 saturated carbocycles. The lowest BCUT2D eigenvalue weighted by molar-refractivity contribution is -0.133. The number of hydrogen-bond donors (Lipinski definition) is 0. The normalized spacial score (nSPS) is 23.4. The second-order valence-corrected chi connectivity index (χ2v) is 4.29. The lowest BCUT2D eigenvalue weighted by Gasteiger charge is -2.36. The molecule has 0 aromatic rings. The van der Waals surface area contributed by atoms with Crippen LogP contribution in [0.1, 0.15) is 46.5 Å². The Labute approximate surface area is 74.9 Å². The summed E-state index contributed by atoms with van der Waals surface area (Å²) < 4.78 is 0. The van der Waals surface area contributed by atoms with Crippen molar-refractivity contribution in [1.82, 2.24) is 4.90 Å². The molecule has 70 valence electrons. The fraction of sp³-hybridized carbons (Fsp3) is 0.900. The molecule has 1 saturated heterocycles. The number of rotatable bonds is 0. The van der Waals surface area contributed by atoms with Crippen LogP contribution >= 0.6 is 0 Å². The van der Waals surface area contributed by atoms with Gasteiger partial charge in [-0.15, -0.1) is 0 Å². The summed E-state index contributed by atoms with van der Waals surface area (Å²) in [5.74, 6) is 0.224. The summed E-state index contributed by atoms with van der Waals surface area (Å²) in [5.41, 5.74) is 0.0856. The third-order valence-electron chi connectivity index (χ3n) is 2.78. The lowest BCUT2D eigenvalue weighted by Crippen LogP contribution is -2.46.